The van der Waals surface area contributed by atoms with E-state index in [1.165, 1.54) is 12.1 Å². The Kier molecular flexibility index (Phi) is 6.64. The lowest BCUT2D eigenvalue weighted by Gasteiger charge is -1.92. The molecule has 17 heavy (non-hydrogen) atoms. The van der Waals surface area contributed by atoms with Crippen LogP contribution in [-0.2, 0) is 12.8 Å². The van der Waals surface area contributed by atoms with E-state index in [4.69, 9.17) is 0 Å². The molecular weight excluding hydrogens is 208 g/mol. The zero-order valence-electron chi connectivity index (χ0n) is 10.6. The molecule has 0 spiro atoms. The molecule has 0 amide bonds. The Labute approximate surface area is 104 Å². The quantitative estimate of drug-likeness (QED) is 0.801. The highest BCUT2D eigenvalue weighted by Crippen LogP contribution is 1.96. The van der Waals surface area contributed by atoms with Crippen LogP contribution in [0.25, 0.3) is 0 Å². The van der Waals surface area contributed by atoms with E-state index in [0.717, 1.165) is 18.5 Å². The van der Waals surface area contributed by atoms with Crippen molar-refractivity contribution in [2.45, 2.75) is 33.1 Å². The van der Waals surface area contributed by atoms with Crippen LogP contribution in [0.1, 0.15) is 31.7 Å². The summed E-state index contributed by atoms with van der Waals surface area (Å²) in [5.74, 6) is 0. The number of hydrogen-bond acceptors (Lipinski definition) is 2. The summed E-state index contributed by atoms with van der Waals surface area (Å²) in [7, 11) is 0. The zero-order valence-corrected chi connectivity index (χ0v) is 10.6. The van der Waals surface area contributed by atoms with E-state index in [-0.39, 0.29) is 0 Å². The normalized spacial score (nSPS) is 9.29. The first-order valence-corrected chi connectivity index (χ1v) is 6.16. The molecule has 2 nitrogen and oxygen atoms in total. The molecule has 0 fully saturated rings. The van der Waals surface area contributed by atoms with E-state index >= 15 is 0 Å². The van der Waals surface area contributed by atoms with Gasteiger partial charge in [-0.2, -0.15) is 0 Å². The first-order chi connectivity index (χ1) is 8.36. The van der Waals surface area contributed by atoms with Gasteiger partial charge in [-0.3, -0.25) is 9.97 Å². The van der Waals surface area contributed by atoms with E-state index in [0.29, 0.717) is 0 Å². The van der Waals surface area contributed by atoms with Gasteiger partial charge in [0.15, 0.2) is 0 Å². The van der Waals surface area contributed by atoms with Gasteiger partial charge in [0.05, 0.1) is 0 Å². The molecule has 0 unspecified atom stereocenters. The first-order valence-electron chi connectivity index (χ1n) is 6.16. The maximum atomic E-state index is 4.17. The summed E-state index contributed by atoms with van der Waals surface area (Å²) in [5, 5.41) is 0. The average molecular weight is 228 g/mol. The van der Waals surface area contributed by atoms with Gasteiger partial charge in [0.25, 0.3) is 0 Å². The maximum absolute atomic E-state index is 4.17. The van der Waals surface area contributed by atoms with E-state index in [9.17, 15) is 0 Å². The molecular formula is C15H20N2. The molecule has 2 aromatic heterocycles. The topological polar surface area (TPSA) is 25.8 Å². The van der Waals surface area contributed by atoms with Crippen LogP contribution in [0.4, 0.5) is 0 Å². The Morgan fingerprint density at radius 3 is 1.76 bits per heavy atom. The molecule has 0 aliphatic rings. The monoisotopic (exact) mass is 228 g/mol. The fourth-order valence-electron chi connectivity index (χ4n) is 1.41. The lowest BCUT2D eigenvalue weighted by atomic mass is 10.2. The summed E-state index contributed by atoms with van der Waals surface area (Å²) in [6, 6.07) is 12.0. The second-order valence-electron chi connectivity index (χ2n) is 3.75. The van der Waals surface area contributed by atoms with Crippen LogP contribution >= 0.6 is 0 Å². The summed E-state index contributed by atoms with van der Waals surface area (Å²) in [6.07, 6.45) is 6.96. The fourth-order valence-corrected chi connectivity index (χ4v) is 1.41. The highest BCUT2D eigenvalue weighted by atomic mass is 14.7. The van der Waals surface area contributed by atoms with Crippen LogP contribution in [0.2, 0.25) is 0 Å². The minimum atomic E-state index is 1.03. The van der Waals surface area contributed by atoms with Crippen molar-refractivity contribution in [3.8, 4) is 0 Å². The van der Waals surface area contributed by atoms with Gasteiger partial charge < -0.3 is 0 Å². The fraction of sp³-hybridized carbons (Fsp3) is 0.333. The van der Waals surface area contributed by atoms with Crippen molar-refractivity contribution in [3.63, 3.8) is 0 Å². The molecule has 0 aliphatic heterocycles. The molecule has 2 heterocycles. The van der Waals surface area contributed by atoms with Crippen molar-refractivity contribution in [2.24, 2.45) is 0 Å². The number of aryl methyl sites for hydroxylation is 2. The lowest BCUT2D eigenvalue weighted by Crippen LogP contribution is -1.84. The molecule has 0 bridgehead atoms. The van der Waals surface area contributed by atoms with Gasteiger partial charge in [-0.25, -0.2) is 0 Å². The van der Waals surface area contributed by atoms with Crippen molar-refractivity contribution in [2.75, 3.05) is 0 Å². The van der Waals surface area contributed by atoms with Crippen LogP contribution in [0.3, 0.4) is 0 Å². The van der Waals surface area contributed by atoms with Crippen LogP contribution in [0.15, 0.2) is 48.8 Å². The number of hydrogen-bond donors (Lipinski definition) is 0. The third-order valence-electron chi connectivity index (χ3n) is 2.32. The molecule has 0 saturated heterocycles. The SMILES string of the molecule is CCCc1ccccn1.CCc1ccccn1. The third-order valence-corrected chi connectivity index (χ3v) is 2.32. The van der Waals surface area contributed by atoms with Crippen molar-refractivity contribution < 1.29 is 0 Å². The maximum Gasteiger partial charge on any atom is 0.0403 e. The van der Waals surface area contributed by atoms with E-state index in [2.05, 4.69) is 29.9 Å². The zero-order chi connectivity index (χ0) is 12.3. The van der Waals surface area contributed by atoms with Crippen LogP contribution in [0.5, 0.6) is 0 Å². The Bertz CT molecular complexity index is 384. The summed E-state index contributed by atoms with van der Waals surface area (Å²) >= 11 is 0. The summed E-state index contributed by atoms with van der Waals surface area (Å²) in [5.41, 5.74) is 2.35. The average Bonchev–Trinajstić information content (AvgIpc) is 2.42. The Hall–Kier alpha value is -1.70. The van der Waals surface area contributed by atoms with Gasteiger partial charge in [0.2, 0.25) is 0 Å². The Balaban J connectivity index is 0.000000171. The highest BCUT2D eigenvalue weighted by molar-refractivity contribution is 5.03. The third kappa shape index (κ3) is 5.81. The molecule has 2 heteroatoms. The number of nitrogens with zero attached hydrogens (tertiary/aromatic N) is 2. The molecule has 0 N–H and O–H groups in total. The highest BCUT2D eigenvalue weighted by Gasteiger charge is 1.86. The first kappa shape index (κ1) is 13.4. The minimum Gasteiger partial charge on any atom is -0.261 e. The standard InChI is InChI=1S/C8H11N.C7H9N/c1-2-5-8-6-3-4-7-9-8;1-2-7-5-3-4-6-8-7/h3-4,6-7H,2,5H2,1H3;3-6H,2H2,1H3. The largest absolute Gasteiger partial charge is 0.261 e. The molecule has 0 saturated carbocycles. The molecule has 90 valence electrons. The predicted molar refractivity (Wildman–Crippen MR) is 71.8 cm³/mol. The van der Waals surface area contributed by atoms with Crippen molar-refractivity contribution in [1.29, 1.82) is 0 Å². The van der Waals surface area contributed by atoms with Crippen molar-refractivity contribution in [3.05, 3.63) is 60.2 Å². The molecule has 0 atom stereocenters. The van der Waals surface area contributed by atoms with Gasteiger partial charge in [0, 0.05) is 23.8 Å². The molecule has 0 aromatic carbocycles. The van der Waals surface area contributed by atoms with Gasteiger partial charge in [-0.1, -0.05) is 32.4 Å². The van der Waals surface area contributed by atoms with Crippen LogP contribution in [-0.4, -0.2) is 9.97 Å². The molecule has 2 rings (SSSR count). The number of aromatic nitrogens is 2. The molecule has 0 radical (unpaired) electrons. The Morgan fingerprint density at radius 1 is 0.824 bits per heavy atom. The van der Waals surface area contributed by atoms with Gasteiger partial charge in [-0.05, 0) is 37.1 Å². The number of rotatable bonds is 3. The van der Waals surface area contributed by atoms with E-state index in [1.54, 1.807) is 0 Å². The van der Waals surface area contributed by atoms with Crippen LogP contribution in [0, 0.1) is 0 Å². The molecule has 2 aromatic rings. The van der Waals surface area contributed by atoms with Crippen molar-refractivity contribution in [1.82, 2.24) is 9.97 Å². The van der Waals surface area contributed by atoms with E-state index in [1.807, 2.05) is 42.7 Å². The van der Waals surface area contributed by atoms with Crippen LogP contribution < -0.4 is 0 Å². The lowest BCUT2D eigenvalue weighted by molar-refractivity contribution is 0.883. The van der Waals surface area contributed by atoms with E-state index < -0.39 is 0 Å². The smallest absolute Gasteiger partial charge is 0.0403 e. The summed E-state index contributed by atoms with van der Waals surface area (Å²) in [4.78, 5) is 8.27. The Morgan fingerprint density at radius 2 is 1.41 bits per heavy atom. The van der Waals surface area contributed by atoms with Crippen molar-refractivity contribution >= 4 is 0 Å². The second-order valence-corrected chi connectivity index (χ2v) is 3.75. The van der Waals surface area contributed by atoms with Gasteiger partial charge in [-0.15, -0.1) is 0 Å². The molecule has 0 aliphatic carbocycles. The minimum absolute atomic E-state index is 1.03. The predicted octanol–water partition coefficient (Wildman–Crippen LogP) is 3.68. The van der Waals surface area contributed by atoms with Gasteiger partial charge in [0.1, 0.15) is 0 Å². The van der Waals surface area contributed by atoms with Gasteiger partial charge >= 0.3 is 0 Å². The summed E-state index contributed by atoms with van der Waals surface area (Å²) in [6.45, 7) is 4.26. The second kappa shape index (κ2) is 8.45. The number of pyridine rings is 2. The summed E-state index contributed by atoms with van der Waals surface area (Å²) < 4.78 is 0.